The fourth-order valence-corrected chi connectivity index (χ4v) is 0.104. The Bertz CT molecular complexity index is 58.6. The first-order valence-electron chi connectivity index (χ1n) is 1.65. The zero-order chi connectivity index (χ0) is 4.83. The summed E-state index contributed by atoms with van der Waals surface area (Å²) in [6, 6.07) is 0. The Morgan fingerprint density at radius 2 is 2.50 bits per heavy atom. The van der Waals surface area contributed by atoms with Crippen molar-refractivity contribution in [2.24, 2.45) is 5.16 Å². The highest BCUT2D eigenvalue weighted by molar-refractivity contribution is 5.21. The molecule has 0 unspecified atom stereocenters. The van der Waals surface area contributed by atoms with Gasteiger partial charge in [0.1, 0.15) is 6.26 Å². The molecule has 0 aromatic rings. The summed E-state index contributed by atoms with van der Waals surface area (Å²) in [5.74, 6) is 0. The molecule has 0 radical (unpaired) electrons. The predicted molar refractivity (Wildman–Crippen MR) is 25.4 cm³/mol. The molecule has 34 valence electrons. The lowest BCUT2D eigenvalue weighted by atomic mass is 10.7. The van der Waals surface area contributed by atoms with E-state index in [1.165, 1.54) is 6.26 Å². The van der Waals surface area contributed by atoms with E-state index < -0.39 is 0 Å². The van der Waals surface area contributed by atoms with E-state index in [-0.39, 0.29) is 0 Å². The third-order valence-electron chi connectivity index (χ3n) is 0.271. The molecule has 0 spiro atoms. The van der Waals surface area contributed by atoms with Crippen molar-refractivity contribution < 1.29 is 4.84 Å². The lowest BCUT2D eigenvalue weighted by Crippen LogP contribution is -1.57. The quantitative estimate of drug-likeness (QED) is 0.280. The lowest BCUT2D eigenvalue weighted by molar-refractivity contribution is 0.271. The van der Waals surface area contributed by atoms with E-state index in [4.69, 9.17) is 0 Å². The molecule has 0 rings (SSSR count). The van der Waals surface area contributed by atoms with Gasteiger partial charge in [-0.25, -0.2) is 0 Å². The minimum absolute atomic E-state index is 1.45. The van der Waals surface area contributed by atoms with Gasteiger partial charge >= 0.3 is 0 Å². The summed E-state index contributed by atoms with van der Waals surface area (Å²) in [6.07, 6.45) is 3.18. The minimum atomic E-state index is 1.45. The molecule has 0 fully saturated rings. The highest BCUT2D eigenvalue weighted by atomic mass is 16.6. The molecule has 0 aromatic heterocycles. The Balaban J connectivity index is 2.85. The van der Waals surface area contributed by atoms with Gasteiger partial charge in [-0.3, -0.25) is 0 Å². The van der Waals surface area contributed by atoms with Crippen molar-refractivity contribution in [2.75, 3.05) is 0 Å². The normalized spacial score (nSPS) is 8.83. The van der Waals surface area contributed by atoms with Gasteiger partial charge in [-0.2, -0.15) is 0 Å². The monoisotopic (exact) mass is 85.1 g/mol. The van der Waals surface area contributed by atoms with Crippen LogP contribution in [-0.2, 0) is 4.84 Å². The van der Waals surface area contributed by atoms with Crippen molar-refractivity contribution >= 4 is 6.72 Å². The van der Waals surface area contributed by atoms with Crippen LogP contribution in [0, 0.1) is 0 Å². The van der Waals surface area contributed by atoms with Crippen molar-refractivity contribution in [3.8, 4) is 0 Å². The van der Waals surface area contributed by atoms with E-state index in [0.717, 1.165) is 0 Å². The fraction of sp³-hybridized carbons (Fsp3) is 0.250. The van der Waals surface area contributed by atoms with Crippen molar-refractivity contribution in [1.82, 2.24) is 0 Å². The first kappa shape index (κ1) is 5.21. The van der Waals surface area contributed by atoms with Crippen LogP contribution in [0.25, 0.3) is 0 Å². The van der Waals surface area contributed by atoms with Gasteiger partial charge < -0.3 is 4.84 Å². The first-order chi connectivity index (χ1) is 2.91. The molecule has 0 N–H and O–H groups in total. The Morgan fingerprint density at radius 3 is 2.67 bits per heavy atom. The van der Waals surface area contributed by atoms with Crippen molar-refractivity contribution in [1.29, 1.82) is 0 Å². The molecule has 0 heterocycles. The molecule has 0 bridgehead atoms. The predicted octanol–water partition coefficient (Wildman–Crippen LogP) is 1.15. The van der Waals surface area contributed by atoms with Crippen LogP contribution in [0.4, 0.5) is 0 Å². The molecular formula is C4H7NO. The van der Waals surface area contributed by atoms with Crippen LogP contribution >= 0.6 is 0 Å². The van der Waals surface area contributed by atoms with Crippen LogP contribution in [0.3, 0.4) is 0 Å². The number of hydrogen-bond donors (Lipinski definition) is 0. The number of hydrogen-bond acceptors (Lipinski definition) is 2. The van der Waals surface area contributed by atoms with Crippen molar-refractivity contribution in [3.63, 3.8) is 0 Å². The van der Waals surface area contributed by atoms with E-state index in [9.17, 15) is 0 Å². The topological polar surface area (TPSA) is 21.6 Å². The maximum Gasteiger partial charge on any atom is 0.117 e. The van der Waals surface area contributed by atoms with Crippen LogP contribution in [-0.4, -0.2) is 6.72 Å². The largest absolute Gasteiger partial charge is 0.366 e. The van der Waals surface area contributed by atoms with Gasteiger partial charge in [0.25, 0.3) is 0 Å². The van der Waals surface area contributed by atoms with E-state index >= 15 is 0 Å². The summed E-state index contributed by atoms with van der Waals surface area (Å²) < 4.78 is 0. The summed E-state index contributed by atoms with van der Waals surface area (Å²) in [5.41, 5.74) is 0. The molecule has 0 aliphatic carbocycles. The van der Waals surface area contributed by atoms with Crippen LogP contribution in [0.5, 0.6) is 0 Å². The average Bonchev–Trinajstić information content (AvgIpc) is 1.61. The van der Waals surface area contributed by atoms with Crippen LogP contribution in [0.1, 0.15) is 6.92 Å². The molecule has 0 saturated carbocycles. The fourth-order valence-electron chi connectivity index (χ4n) is 0.104. The molecular weight excluding hydrogens is 78.0 g/mol. The van der Waals surface area contributed by atoms with Gasteiger partial charge in [0, 0.05) is 6.72 Å². The lowest BCUT2D eigenvalue weighted by Gasteiger charge is -1.77. The van der Waals surface area contributed by atoms with Crippen LogP contribution < -0.4 is 0 Å². The number of allylic oxidation sites excluding steroid dienone is 1. The standard InChI is InChI=1S/C4H7NO/c1-3-4-6-5-2/h3-4H,2H2,1H3. The summed E-state index contributed by atoms with van der Waals surface area (Å²) in [7, 11) is 0. The second-order valence-electron chi connectivity index (χ2n) is 0.704. The molecule has 2 nitrogen and oxygen atoms in total. The zero-order valence-electron chi connectivity index (χ0n) is 3.72. The van der Waals surface area contributed by atoms with Crippen molar-refractivity contribution in [3.05, 3.63) is 12.3 Å². The smallest absolute Gasteiger partial charge is 0.117 e. The Kier molecular flexibility index (Phi) is 3.66. The van der Waals surface area contributed by atoms with Gasteiger partial charge in [-0.1, -0.05) is 5.16 Å². The molecule has 0 atom stereocenters. The maximum atomic E-state index is 4.32. The van der Waals surface area contributed by atoms with Gasteiger partial charge in [0.05, 0.1) is 0 Å². The first-order valence-corrected chi connectivity index (χ1v) is 1.65. The van der Waals surface area contributed by atoms with Gasteiger partial charge in [0.2, 0.25) is 0 Å². The van der Waals surface area contributed by atoms with E-state index in [2.05, 4.69) is 16.7 Å². The highest BCUT2D eigenvalue weighted by Crippen LogP contribution is 1.71. The summed E-state index contributed by atoms with van der Waals surface area (Å²) in [6.45, 7) is 4.91. The number of oxime groups is 1. The molecule has 0 aliphatic rings. The molecule has 2 heteroatoms. The SMILES string of the molecule is C=NOC=CC. The van der Waals surface area contributed by atoms with Crippen LogP contribution in [0.15, 0.2) is 17.5 Å². The highest BCUT2D eigenvalue weighted by Gasteiger charge is 1.54. The number of nitrogens with zero attached hydrogens (tertiary/aromatic N) is 1. The second kappa shape index (κ2) is 4.21. The Hall–Kier alpha value is -0.790. The zero-order valence-corrected chi connectivity index (χ0v) is 3.72. The van der Waals surface area contributed by atoms with Crippen molar-refractivity contribution in [2.45, 2.75) is 6.92 Å². The minimum Gasteiger partial charge on any atom is -0.366 e. The third kappa shape index (κ3) is 3.21. The van der Waals surface area contributed by atoms with E-state index in [0.29, 0.717) is 0 Å². The Morgan fingerprint density at radius 1 is 1.83 bits per heavy atom. The molecule has 0 amide bonds. The average molecular weight is 85.1 g/mol. The van der Waals surface area contributed by atoms with E-state index in [1.807, 2.05) is 6.92 Å². The van der Waals surface area contributed by atoms with Gasteiger partial charge in [-0.15, -0.1) is 0 Å². The molecule has 0 aliphatic heterocycles. The molecule has 0 saturated heterocycles. The molecule has 6 heavy (non-hydrogen) atoms. The molecule has 0 aromatic carbocycles. The van der Waals surface area contributed by atoms with E-state index in [1.54, 1.807) is 6.08 Å². The van der Waals surface area contributed by atoms with Gasteiger partial charge in [0.15, 0.2) is 0 Å². The maximum absolute atomic E-state index is 4.32. The summed E-state index contributed by atoms with van der Waals surface area (Å²) in [5, 5.41) is 3.09. The summed E-state index contributed by atoms with van der Waals surface area (Å²) in [4.78, 5) is 4.32. The second-order valence-corrected chi connectivity index (χ2v) is 0.704. The van der Waals surface area contributed by atoms with Gasteiger partial charge in [-0.05, 0) is 13.0 Å². The third-order valence-corrected chi connectivity index (χ3v) is 0.271. The Labute approximate surface area is 37.1 Å². The summed E-state index contributed by atoms with van der Waals surface area (Å²) >= 11 is 0. The van der Waals surface area contributed by atoms with Crippen LogP contribution in [0.2, 0.25) is 0 Å². The number of rotatable bonds is 2.